The molecule has 0 unspecified atom stereocenters. The molecule has 2 aromatic heterocycles. The molecule has 6 rings (SSSR count). The van der Waals surface area contributed by atoms with E-state index in [1.807, 2.05) is 48.5 Å². The fourth-order valence-electron chi connectivity index (χ4n) is 4.24. The molecule has 0 spiro atoms. The Morgan fingerprint density at radius 1 is 0.821 bits per heavy atom. The average Bonchev–Trinajstić information content (AvgIpc) is 3.62. The highest BCUT2D eigenvalue weighted by Gasteiger charge is 2.23. The number of hydrogen-bond acceptors (Lipinski definition) is 7. The molecule has 0 radical (unpaired) electrons. The van der Waals surface area contributed by atoms with Gasteiger partial charge in [-0.3, -0.25) is 0 Å². The van der Waals surface area contributed by atoms with Gasteiger partial charge in [0.2, 0.25) is 22.8 Å². The molecule has 192 valence electrons. The lowest BCUT2D eigenvalue weighted by molar-refractivity contribution is -0.645. The lowest BCUT2D eigenvalue weighted by Crippen LogP contribution is -2.31. The Balaban J connectivity index is 1.17. The van der Waals surface area contributed by atoms with Crippen LogP contribution in [-0.4, -0.2) is 32.6 Å². The van der Waals surface area contributed by atoms with E-state index in [9.17, 15) is 10.0 Å². The topological polar surface area (TPSA) is 110 Å². The van der Waals surface area contributed by atoms with Crippen LogP contribution in [0.25, 0.3) is 45.1 Å². The van der Waals surface area contributed by atoms with Crippen LogP contribution >= 0.6 is 0 Å². The van der Waals surface area contributed by atoms with Gasteiger partial charge in [0.25, 0.3) is 0 Å². The second kappa shape index (κ2) is 10.2. The Kier molecular flexibility index (Phi) is 6.30. The molecular formula is C30H23N5O4. The van der Waals surface area contributed by atoms with Crippen molar-refractivity contribution in [3.8, 4) is 39.8 Å². The molecule has 39 heavy (non-hydrogen) atoms. The first-order chi connectivity index (χ1) is 19.1. The van der Waals surface area contributed by atoms with Gasteiger partial charge >= 0.3 is 5.91 Å². The van der Waals surface area contributed by atoms with Crippen molar-refractivity contribution in [2.24, 2.45) is 0 Å². The van der Waals surface area contributed by atoms with Gasteiger partial charge in [0.05, 0.1) is 12.2 Å². The van der Waals surface area contributed by atoms with Crippen LogP contribution in [0.15, 0.2) is 101 Å². The third-order valence-electron chi connectivity index (χ3n) is 6.28. The monoisotopic (exact) mass is 517 g/mol. The number of nitrogens with zero attached hydrogens (tertiary/aromatic N) is 5. The minimum Gasteiger partial charge on any atom is -0.691 e. The van der Waals surface area contributed by atoms with Gasteiger partial charge in [0, 0.05) is 11.1 Å². The van der Waals surface area contributed by atoms with E-state index in [-0.39, 0.29) is 0 Å². The average molecular weight is 518 g/mol. The van der Waals surface area contributed by atoms with E-state index in [2.05, 4.69) is 22.3 Å². The number of ether oxygens (including phenoxy) is 1. The molecule has 0 aliphatic carbocycles. The predicted octanol–water partition coefficient (Wildman–Crippen LogP) is 5.53. The standard InChI is InChI=1S/C30H23N5O4/c1-2-19-38-25-17-15-21(16-18-25)20-7-9-22(10-8-20)28-31-32-29(39-28)23-11-13-24(14-12-23)30(36)34-26-5-3-4-6-27(26)35(37)33-34/h3-18H,2,19H2,1H3. The van der Waals surface area contributed by atoms with Crippen LogP contribution in [0.4, 0.5) is 0 Å². The molecule has 2 heterocycles. The van der Waals surface area contributed by atoms with Crippen molar-refractivity contribution < 1.29 is 18.8 Å². The molecule has 0 bridgehead atoms. The molecule has 0 saturated heterocycles. The van der Waals surface area contributed by atoms with Gasteiger partial charge in [-0.25, -0.2) is 4.79 Å². The van der Waals surface area contributed by atoms with Crippen LogP contribution in [0, 0.1) is 5.21 Å². The number of hydrogen-bond donors (Lipinski definition) is 0. The first kappa shape index (κ1) is 24.1. The maximum absolute atomic E-state index is 13.0. The van der Waals surface area contributed by atoms with E-state index in [4.69, 9.17) is 9.15 Å². The highest BCUT2D eigenvalue weighted by molar-refractivity contribution is 5.99. The molecular weight excluding hydrogens is 494 g/mol. The first-order valence-corrected chi connectivity index (χ1v) is 12.5. The molecule has 6 aromatic rings. The number of carbonyl (C=O) groups excluding carboxylic acids is 1. The van der Waals surface area contributed by atoms with E-state index in [1.54, 1.807) is 48.5 Å². The highest BCUT2D eigenvalue weighted by Crippen LogP contribution is 2.28. The molecule has 0 aliphatic rings. The summed E-state index contributed by atoms with van der Waals surface area (Å²) in [6, 6.07) is 29.4. The summed E-state index contributed by atoms with van der Waals surface area (Å²) in [6.45, 7) is 2.78. The zero-order valence-electron chi connectivity index (χ0n) is 21.0. The quantitative estimate of drug-likeness (QED) is 0.202. The van der Waals surface area contributed by atoms with E-state index in [1.165, 1.54) is 0 Å². The first-order valence-electron chi connectivity index (χ1n) is 12.5. The van der Waals surface area contributed by atoms with Crippen LogP contribution in [0.5, 0.6) is 5.75 Å². The van der Waals surface area contributed by atoms with Gasteiger partial charge in [-0.1, -0.05) is 48.0 Å². The molecule has 0 aliphatic heterocycles. The third-order valence-corrected chi connectivity index (χ3v) is 6.28. The summed E-state index contributed by atoms with van der Waals surface area (Å²) in [5, 5.41) is 24.2. The van der Waals surface area contributed by atoms with Crippen LogP contribution < -0.4 is 9.58 Å². The Bertz CT molecular complexity index is 1750. The maximum atomic E-state index is 13.0. The van der Waals surface area contributed by atoms with E-state index in [0.717, 1.165) is 33.5 Å². The number of para-hydroxylation sites is 2. The third kappa shape index (κ3) is 4.73. The number of benzene rings is 4. The molecule has 0 atom stereocenters. The lowest BCUT2D eigenvalue weighted by atomic mass is 10.0. The van der Waals surface area contributed by atoms with E-state index >= 15 is 0 Å². The summed E-state index contributed by atoms with van der Waals surface area (Å²) in [4.78, 5) is 13.4. The number of carbonyl (C=O) groups is 1. The predicted molar refractivity (Wildman–Crippen MR) is 145 cm³/mol. The molecule has 0 saturated carbocycles. The normalized spacial score (nSPS) is 11.1. The Morgan fingerprint density at radius 2 is 1.38 bits per heavy atom. The van der Waals surface area contributed by atoms with Crippen LogP contribution in [0.3, 0.4) is 0 Å². The van der Waals surface area contributed by atoms with Crippen molar-refractivity contribution in [1.82, 2.24) is 20.1 Å². The number of rotatable bonds is 7. The molecule has 9 nitrogen and oxygen atoms in total. The van der Waals surface area contributed by atoms with Gasteiger partial charge in [0.15, 0.2) is 0 Å². The SMILES string of the molecule is CCCOc1ccc(-c2ccc(-c3nnc(-c4ccc(C(=O)n5n[n+]([O-])c6ccccc65)cc4)o3)cc2)cc1. The molecule has 9 heteroatoms. The minimum atomic E-state index is -0.415. The fraction of sp³-hybridized carbons (Fsp3) is 0.100. The van der Waals surface area contributed by atoms with Crippen molar-refractivity contribution in [2.75, 3.05) is 6.61 Å². The highest BCUT2D eigenvalue weighted by atomic mass is 16.5. The molecule has 0 amide bonds. The summed E-state index contributed by atoms with van der Waals surface area (Å²) in [6.07, 6.45) is 0.971. The summed E-state index contributed by atoms with van der Waals surface area (Å²) in [7, 11) is 0. The summed E-state index contributed by atoms with van der Waals surface area (Å²) in [5.74, 6) is 1.17. The van der Waals surface area contributed by atoms with Crippen molar-refractivity contribution in [2.45, 2.75) is 13.3 Å². The summed E-state index contributed by atoms with van der Waals surface area (Å²) >= 11 is 0. The smallest absolute Gasteiger partial charge is 0.366 e. The fourth-order valence-corrected chi connectivity index (χ4v) is 4.24. The van der Waals surface area contributed by atoms with Crippen molar-refractivity contribution in [3.05, 3.63) is 108 Å². The molecule has 4 aromatic carbocycles. The van der Waals surface area contributed by atoms with Crippen molar-refractivity contribution in [3.63, 3.8) is 0 Å². The van der Waals surface area contributed by atoms with Gasteiger partial charge < -0.3 is 14.4 Å². The van der Waals surface area contributed by atoms with E-state index in [0.29, 0.717) is 45.4 Å². The summed E-state index contributed by atoms with van der Waals surface area (Å²) in [5.41, 5.74) is 4.73. The maximum Gasteiger partial charge on any atom is 0.366 e. The van der Waals surface area contributed by atoms with E-state index < -0.39 is 5.91 Å². The second-order valence-corrected chi connectivity index (χ2v) is 8.91. The van der Waals surface area contributed by atoms with Gasteiger partial charge in [0.1, 0.15) is 11.0 Å². The van der Waals surface area contributed by atoms with Crippen LogP contribution in [0.2, 0.25) is 0 Å². The summed E-state index contributed by atoms with van der Waals surface area (Å²) < 4.78 is 12.7. The van der Waals surface area contributed by atoms with Gasteiger partial charge in [-0.15, -0.1) is 15.0 Å². The zero-order chi connectivity index (χ0) is 26.8. The second-order valence-electron chi connectivity index (χ2n) is 8.91. The lowest BCUT2D eigenvalue weighted by Gasteiger charge is -2.06. The largest absolute Gasteiger partial charge is 0.691 e. The molecule has 0 N–H and O–H groups in total. The van der Waals surface area contributed by atoms with Crippen molar-refractivity contribution >= 4 is 16.9 Å². The minimum absolute atomic E-state index is 0.323. The van der Waals surface area contributed by atoms with Gasteiger partial charge in [-0.05, 0) is 78.2 Å². The Hall–Kier alpha value is -5.31. The number of fused-ring (bicyclic) bond motifs is 1. The van der Waals surface area contributed by atoms with Gasteiger partial charge in [-0.2, -0.15) is 0 Å². The Labute approximate surface area is 223 Å². The Morgan fingerprint density at radius 3 is 2.03 bits per heavy atom. The van der Waals surface area contributed by atoms with Crippen LogP contribution in [-0.2, 0) is 0 Å². The van der Waals surface area contributed by atoms with Crippen LogP contribution in [0.1, 0.15) is 23.7 Å². The number of aromatic nitrogens is 5. The molecule has 0 fully saturated rings. The van der Waals surface area contributed by atoms with Crippen molar-refractivity contribution in [1.29, 1.82) is 0 Å². The zero-order valence-corrected chi connectivity index (χ0v) is 21.0.